The first-order valence-electron chi connectivity index (χ1n) is 7.87. The van der Waals surface area contributed by atoms with Crippen molar-refractivity contribution in [2.45, 2.75) is 26.7 Å². The molecule has 0 aliphatic carbocycles. The first-order valence-corrected chi connectivity index (χ1v) is 7.87. The van der Waals surface area contributed by atoms with Gasteiger partial charge in [0.15, 0.2) is 0 Å². The number of halogens is 1. The molecule has 0 saturated heterocycles. The van der Waals surface area contributed by atoms with Crippen LogP contribution in [0.2, 0.25) is 0 Å². The molecule has 2 aromatic carbocycles. The third-order valence-corrected chi connectivity index (χ3v) is 3.69. The molecule has 3 nitrogen and oxygen atoms in total. The summed E-state index contributed by atoms with van der Waals surface area (Å²) in [7, 11) is 0. The van der Waals surface area contributed by atoms with Gasteiger partial charge in [0, 0.05) is 18.7 Å². The van der Waals surface area contributed by atoms with Crippen LogP contribution in [0.5, 0.6) is 0 Å². The normalized spacial score (nSPS) is 10.6. The van der Waals surface area contributed by atoms with Crippen LogP contribution in [0.1, 0.15) is 23.1 Å². The quantitative estimate of drug-likeness (QED) is 0.767. The van der Waals surface area contributed by atoms with Crippen molar-refractivity contribution in [2.75, 3.05) is 18.4 Å². The van der Waals surface area contributed by atoms with Crippen LogP contribution in [0.15, 0.2) is 42.5 Å². The molecule has 0 aromatic heterocycles. The maximum Gasteiger partial charge on any atom is 0.225 e. The molecule has 0 spiro atoms. The van der Waals surface area contributed by atoms with Gasteiger partial charge in [0.2, 0.25) is 5.91 Å². The third-order valence-electron chi connectivity index (χ3n) is 3.69. The monoisotopic (exact) mass is 314 g/mol. The Morgan fingerprint density at radius 3 is 2.48 bits per heavy atom. The number of amides is 1. The van der Waals surface area contributed by atoms with Gasteiger partial charge in [-0.3, -0.25) is 4.79 Å². The fourth-order valence-electron chi connectivity index (χ4n) is 2.38. The summed E-state index contributed by atoms with van der Waals surface area (Å²) in [5.74, 6) is -0.212. The largest absolute Gasteiger partial charge is 0.326 e. The van der Waals surface area contributed by atoms with Crippen LogP contribution in [0.25, 0.3) is 0 Å². The minimum atomic E-state index is -0.218. The van der Waals surface area contributed by atoms with Crippen molar-refractivity contribution in [3.05, 3.63) is 65.0 Å². The lowest BCUT2D eigenvalue weighted by atomic mass is 10.1. The van der Waals surface area contributed by atoms with Gasteiger partial charge in [0.1, 0.15) is 5.82 Å². The standard InChI is InChI=1S/C19H23FN2O/c1-14-3-8-18(15(2)13-14)22-19(23)10-12-21-11-9-16-4-6-17(20)7-5-16/h3-8,13,21H,9-12H2,1-2H3,(H,22,23). The number of anilines is 1. The van der Waals surface area contributed by atoms with E-state index in [-0.39, 0.29) is 11.7 Å². The first kappa shape index (κ1) is 17.2. The second-order valence-corrected chi connectivity index (χ2v) is 5.74. The second kappa shape index (κ2) is 8.44. The summed E-state index contributed by atoms with van der Waals surface area (Å²) in [6.45, 7) is 5.41. The number of rotatable bonds is 7. The third kappa shape index (κ3) is 5.83. The molecule has 2 aromatic rings. The number of hydrogen-bond donors (Lipinski definition) is 2. The number of hydrogen-bond acceptors (Lipinski definition) is 2. The lowest BCUT2D eigenvalue weighted by molar-refractivity contribution is -0.116. The van der Waals surface area contributed by atoms with E-state index in [4.69, 9.17) is 0 Å². The molecule has 2 rings (SSSR count). The van der Waals surface area contributed by atoms with E-state index < -0.39 is 0 Å². The van der Waals surface area contributed by atoms with Crippen molar-refractivity contribution in [3.8, 4) is 0 Å². The van der Waals surface area contributed by atoms with E-state index in [1.165, 1.54) is 17.7 Å². The molecule has 122 valence electrons. The highest BCUT2D eigenvalue weighted by Gasteiger charge is 2.04. The highest BCUT2D eigenvalue weighted by molar-refractivity contribution is 5.91. The minimum absolute atomic E-state index is 0.00577. The van der Waals surface area contributed by atoms with Gasteiger partial charge in [-0.1, -0.05) is 29.8 Å². The maximum atomic E-state index is 12.8. The topological polar surface area (TPSA) is 41.1 Å². The van der Waals surface area contributed by atoms with Crippen LogP contribution in [0.4, 0.5) is 10.1 Å². The van der Waals surface area contributed by atoms with Crippen molar-refractivity contribution < 1.29 is 9.18 Å². The summed E-state index contributed by atoms with van der Waals surface area (Å²) >= 11 is 0. The number of carbonyl (C=O) groups is 1. The van der Waals surface area contributed by atoms with Crippen molar-refractivity contribution in [3.63, 3.8) is 0 Å². The van der Waals surface area contributed by atoms with Gasteiger partial charge in [-0.05, 0) is 56.1 Å². The van der Waals surface area contributed by atoms with Crippen molar-refractivity contribution in [2.24, 2.45) is 0 Å². The Morgan fingerprint density at radius 1 is 1.04 bits per heavy atom. The van der Waals surface area contributed by atoms with Gasteiger partial charge in [-0.15, -0.1) is 0 Å². The Morgan fingerprint density at radius 2 is 1.78 bits per heavy atom. The molecule has 4 heteroatoms. The number of aryl methyl sites for hydroxylation is 2. The predicted octanol–water partition coefficient (Wildman–Crippen LogP) is 3.60. The van der Waals surface area contributed by atoms with Crippen molar-refractivity contribution in [1.82, 2.24) is 5.32 Å². The molecule has 0 atom stereocenters. The average Bonchev–Trinajstić information content (AvgIpc) is 2.51. The molecule has 1 amide bonds. The molecule has 0 unspecified atom stereocenters. The number of benzene rings is 2. The zero-order valence-electron chi connectivity index (χ0n) is 13.7. The second-order valence-electron chi connectivity index (χ2n) is 5.74. The smallest absolute Gasteiger partial charge is 0.225 e. The number of carbonyl (C=O) groups excluding carboxylic acids is 1. The van der Waals surface area contributed by atoms with E-state index >= 15 is 0 Å². The van der Waals surface area contributed by atoms with Gasteiger partial charge in [-0.2, -0.15) is 0 Å². The van der Waals surface area contributed by atoms with Crippen molar-refractivity contribution in [1.29, 1.82) is 0 Å². The summed E-state index contributed by atoms with van der Waals surface area (Å²) in [5, 5.41) is 6.17. The van der Waals surface area contributed by atoms with Crippen molar-refractivity contribution >= 4 is 11.6 Å². The Labute approximate surface area is 136 Å². The molecular formula is C19H23FN2O. The Bertz CT molecular complexity index is 653. The lowest BCUT2D eigenvalue weighted by Gasteiger charge is -2.09. The molecule has 0 aliphatic heterocycles. The van der Waals surface area contributed by atoms with Crippen LogP contribution in [0, 0.1) is 19.7 Å². The summed E-state index contributed by atoms with van der Waals surface area (Å²) in [4.78, 5) is 11.9. The van der Waals surface area contributed by atoms with Crippen LogP contribution < -0.4 is 10.6 Å². The molecule has 23 heavy (non-hydrogen) atoms. The molecular weight excluding hydrogens is 291 g/mol. The lowest BCUT2D eigenvalue weighted by Crippen LogP contribution is -2.23. The van der Waals surface area contributed by atoms with Gasteiger partial charge in [-0.25, -0.2) is 4.39 Å². The Balaban J connectivity index is 1.65. The first-order chi connectivity index (χ1) is 11.0. The molecule has 2 N–H and O–H groups in total. The van der Waals surface area contributed by atoms with E-state index in [1.54, 1.807) is 12.1 Å². The van der Waals surface area contributed by atoms with Crippen LogP contribution in [-0.2, 0) is 11.2 Å². The predicted molar refractivity (Wildman–Crippen MR) is 92.1 cm³/mol. The van der Waals surface area contributed by atoms with Gasteiger partial charge < -0.3 is 10.6 Å². The highest BCUT2D eigenvalue weighted by Crippen LogP contribution is 2.16. The Hall–Kier alpha value is -2.20. The Kier molecular flexibility index (Phi) is 6.29. The van der Waals surface area contributed by atoms with Gasteiger partial charge in [0.05, 0.1) is 0 Å². The fourth-order valence-corrected chi connectivity index (χ4v) is 2.38. The molecule has 0 aliphatic rings. The van der Waals surface area contributed by atoms with Gasteiger partial charge in [0.25, 0.3) is 0 Å². The summed E-state index contributed by atoms with van der Waals surface area (Å²) < 4.78 is 12.8. The van der Waals surface area contributed by atoms with E-state index in [0.29, 0.717) is 13.0 Å². The zero-order valence-corrected chi connectivity index (χ0v) is 13.7. The summed E-state index contributed by atoms with van der Waals surface area (Å²) in [5.41, 5.74) is 4.20. The van der Waals surface area contributed by atoms with E-state index in [2.05, 4.69) is 16.7 Å². The maximum absolute atomic E-state index is 12.8. The molecule has 0 heterocycles. The zero-order chi connectivity index (χ0) is 16.7. The van der Waals surface area contributed by atoms with E-state index in [9.17, 15) is 9.18 Å². The highest BCUT2D eigenvalue weighted by atomic mass is 19.1. The van der Waals surface area contributed by atoms with E-state index in [1.807, 2.05) is 26.0 Å². The molecule has 0 fully saturated rings. The summed E-state index contributed by atoms with van der Waals surface area (Å²) in [6, 6.07) is 12.5. The number of nitrogens with one attached hydrogen (secondary N) is 2. The minimum Gasteiger partial charge on any atom is -0.326 e. The van der Waals surface area contributed by atoms with Crippen LogP contribution in [0.3, 0.4) is 0 Å². The van der Waals surface area contributed by atoms with E-state index in [0.717, 1.165) is 29.8 Å². The molecule has 0 saturated carbocycles. The van der Waals surface area contributed by atoms with Crippen LogP contribution >= 0.6 is 0 Å². The van der Waals surface area contributed by atoms with Crippen LogP contribution in [-0.4, -0.2) is 19.0 Å². The molecule has 0 bridgehead atoms. The molecule has 0 radical (unpaired) electrons. The fraction of sp³-hybridized carbons (Fsp3) is 0.316. The summed E-state index contributed by atoms with van der Waals surface area (Å²) in [6.07, 6.45) is 1.25. The van der Waals surface area contributed by atoms with Gasteiger partial charge >= 0.3 is 0 Å². The SMILES string of the molecule is Cc1ccc(NC(=O)CCNCCc2ccc(F)cc2)c(C)c1. The average molecular weight is 314 g/mol.